The lowest BCUT2D eigenvalue weighted by molar-refractivity contribution is 1.04. The number of nitrogens with zero attached hydrogens (tertiary/aromatic N) is 4. The number of aromatic nitrogens is 4. The van der Waals surface area contributed by atoms with Crippen molar-refractivity contribution in [1.82, 2.24) is 19.9 Å². The number of fused-ring (bicyclic) bond motifs is 1. The molecule has 0 aliphatic carbocycles. The van der Waals surface area contributed by atoms with E-state index in [1.165, 1.54) is 18.1 Å². The summed E-state index contributed by atoms with van der Waals surface area (Å²) in [6, 6.07) is 9.44. The number of para-hydroxylation sites is 2. The van der Waals surface area contributed by atoms with Crippen LogP contribution in [0, 0.1) is 0 Å². The number of nitrogens with two attached hydrogens (primary N) is 1. The topological polar surface area (TPSA) is 77.6 Å². The summed E-state index contributed by atoms with van der Waals surface area (Å²) < 4.78 is 0. The van der Waals surface area contributed by atoms with Crippen molar-refractivity contribution in [3.05, 3.63) is 42.9 Å². The van der Waals surface area contributed by atoms with E-state index in [0.717, 1.165) is 16.1 Å². The van der Waals surface area contributed by atoms with Crippen molar-refractivity contribution in [2.75, 3.05) is 5.73 Å². The highest BCUT2D eigenvalue weighted by Crippen LogP contribution is 2.28. The average Bonchev–Trinajstić information content (AvgIpc) is 2.41. The first kappa shape index (κ1) is 10.9. The van der Waals surface area contributed by atoms with Gasteiger partial charge in [-0.05, 0) is 30.0 Å². The fourth-order valence-electron chi connectivity index (χ4n) is 1.51. The van der Waals surface area contributed by atoms with Gasteiger partial charge in [-0.2, -0.15) is 0 Å². The second-order valence-corrected chi connectivity index (χ2v) is 4.56. The van der Waals surface area contributed by atoms with Gasteiger partial charge in [-0.25, -0.2) is 19.9 Å². The fourth-order valence-corrected chi connectivity index (χ4v) is 2.23. The number of benzene rings is 1. The molecule has 0 bridgehead atoms. The van der Waals surface area contributed by atoms with Crippen LogP contribution in [0.5, 0.6) is 0 Å². The third-order valence-corrected chi connectivity index (χ3v) is 3.26. The molecule has 0 fully saturated rings. The fraction of sp³-hybridized carbons (Fsp3) is 0. The van der Waals surface area contributed by atoms with Crippen LogP contribution >= 0.6 is 11.8 Å². The number of nitrogen functional groups attached to an aromatic ring is 1. The van der Waals surface area contributed by atoms with Crippen LogP contribution in [-0.2, 0) is 0 Å². The Morgan fingerprint density at radius 2 is 1.78 bits per heavy atom. The van der Waals surface area contributed by atoms with Gasteiger partial charge in [0.1, 0.15) is 16.4 Å². The molecule has 0 radical (unpaired) electrons. The molecule has 3 aromatic rings. The molecule has 2 N–H and O–H groups in total. The van der Waals surface area contributed by atoms with Gasteiger partial charge in [0.15, 0.2) is 5.82 Å². The predicted molar refractivity (Wildman–Crippen MR) is 70.1 cm³/mol. The smallest absolute Gasteiger partial charge is 0.157 e. The summed E-state index contributed by atoms with van der Waals surface area (Å²) >= 11 is 1.38. The van der Waals surface area contributed by atoms with Gasteiger partial charge in [0, 0.05) is 6.20 Å². The minimum atomic E-state index is 0.414. The molecule has 3 rings (SSSR count). The van der Waals surface area contributed by atoms with E-state index in [9.17, 15) is 0 Å². The van der Waals surface area contributed by atoms with E-state index in [-0.39, 0.29) is 0 Å². The summed E-state index contributed by atoms with van der Waals surface area (Å²) in [5.74, 6) is 0.414. The van der Waals surface area contributed by atoms with E-state index >= 15 is 0 Å². The van der Waals surface area contributed by atoms with Gasteiger partial charge in [0.2, 0.25) is 0 Å². The van der Waals surface area contributed by atoms with Crippen molar-refractivity contribution < 1.29 is 0 Å². The third kappa shape index (κ3) is 2.10. The molecule has 0 unspecified atom stereocenters. The van der Waals surface area contributed by atoms with E-state index in [4.69, 9.17) is 5.73 Å². The van der Waals surface area contributed by atoms with Gasteiger partial charge >= 0.3 is 0 Å². The molecule has 2 heterocycles. The first-order valence-electron chi connectivity index (χ1n) is 5.29. The molecule has 0 aliphatic heterocycles. The van der Waals surface area contributed by atoms with Gasteiger partial charge < -0.3 is 5.73 Å². The summed E-state index contributed by atoms with van der Waals surface area (Å²) in [5, 5.41) is 1.45. The molecule has 6 heteroatoms. The Balaban J connectivity index is 2.04. The van der Waals surface area contributed by atoms with E-state index in [0.29, 0.717) is 10.8 Å². The lowest BCUT2D eigenvalue weighted by Crippen LogP contribution is -1.97. The lowest BCUT2D eigenvalue weighted by atomic mass is 10.3. The molecule has 0 atom stereocenters. The summed E-state index contributed by atoms with van der Waals surface area (Å²) in [6.07, 6.45) is 3.17. The molecule has 1 aromatic carbocycles. The van der Waals surface area contributed by atoms with Crippen LogP contribution in [0.25, 0.3) is 11.0 Å². The van der Waals surface area contributed by atoms with Crippen LogP contribution in [0.1, 0.15) is 0 Å². The molecule has 0 amide bonds. The van der Waals surface area contributed by atoms with E-state index in [1.807, 2.05) is 24.3 Å². The van der Waals surface area contributed by atoms with Crippen molar-refractivity contribution in [2.24, 2.45) is 0 Å². The molecule has 0 spiro atoms. The summed E-state index contributed by atoms with van der Waals surface area (Å²) in [6.45, 7) is 0. The van der Waals surface area contributed by atoms with Crippen molar-refractivity contribution in [3.8, 4) is 0 Å². The number of anilines is 1. The van der Waals surface area contributed by atoms with Crippen LogP contribution in [0.4, 0.5) is 5.82 Å². The van der Waals surface area contributed by atoms with Crippen LogP contribution < -0.4 is 5.73 Å². The normalized spacial score (nSPS) is 10.7. The Morgan fingerprint density at radius 3 is 2.50 bits per heavy atom. The Bertz CT molecular complexity index is 686. The van der Waals surface area contributed by atoms with Crippen molar-refractivity contribution in [1.29, 1.82) is 0 Å². The van der Waals surface area contributed by atoms with Crippen LogP contribution in [0.15, 0.2) is 52.9 Å². The highest BCUT2D eigenvalue weighted by Gasteiger charge is 2.08. The third-order valence-electron chi connectivity index (χ3n) is 2.32. The Labute approximate surface area is 108 Å². The van der Waals surface area contributed by atoms with Crippen LogP contribution in [0.2, 0.25) is 0 Å². The van der Waals surface area contributed by atoms with E-state index in [2.05, 4.69) is 19.9 Å². The zero-order chi connectivity index (χ0) is 12.4. The molecule has 18 heavy (non-hydrogen) atoms. The quantitative estimate of drug-likeness (QED) is 0.707. The standard InChI is InChI=1S/C12H9N5S/c13-11-12(18-10-5-6-14-7-15-10)17-9-4-2-1-3-8(9)16-11/h1-7H,(H2,13,16). The molecular formula is C12H9N5S. The Kier molecular flexibility index (Phi) is 2.77. The van der Waals surface area contributed by atoms with Gasteiger partial charge in [-0.15, -0.1) is 0 Å². The monoisotopic (exact) mass is 255 g/mol. The van der Waals surface area contributed by atoms with Gasteiger partial charge in [0.25, 0.3) is 0 Å². The second-order valence-electron chi connectivity index (χ2n) is 3.55. The first-order valence-corrected chi connectivity index (χ1v) is 6.11. The zero-order valence-corrected chi connectivity index (χ0v) is 10.1. The average molecular weight is 255 g/mol. The minimum absolute atomic E-state index is 0.414. The summed E-state index contributed by atoms with van der Waals surface area (Å²) in [4.78, 5) is 16.8. The summed E-state index contributed by atoms with van der Waals surface area (Å²) in [5.41, 5.74) is 7.51. The highest BCUT2D eigenvalue weighted by molar-refractivity contribution is 7.99. The van der Waals surface area contributed by atoms with Crippen molar-refractivity contribution >= 4 is 28.6 Å². The van der Waals surface area contributed by atoms with Gasteiger partial charge in [-0.3, -0.25) is 0 Å². The maximum Gasteiger partial charge on any atom is 0.157 e. The number of hydrogen-bond acceptors (Lipinski definition) is 6. The predicted octanol–water partition coefficient (Wildman–Crippen LogP) is 2.15. The van der Waals surface area contributed by atoms with Crippen molar-refractivity contribution in [3.63, 3.8) is 0 Å². The van der Waals surface area contributed by atoms with Crippen LogP contribution in [0.3, 0.4) is 0 Å². The van der Waals surface area contributed by atoms with Crippen LogP contribution in [-0.4, -0.2) is 19.9 Å². The molecule has 2 aromatic heterocycles. The first-order chi connectivity index (χ1) is 8.83. The molecule has 0 saturated carbocycles. The number of rotatable bonds is 2. The van der Waals surface area contributed by atoms with E-state index in [1.54, 1.807) is 12.3 Å². The highest BCUT2D eigenvalue weighted by atomic mass is 32.2. The maximum absolute atomic E-state index is 5.90. The van der Waals surface area contributed by atoms with E-state index < -0.39 is 0 Å². The SMILES string of the molecule is Nc1nc2ccccc2nc1Sc1ccncn1. The Morgan fingerprint density at radius 1 is 1.00 bits per heavy atom. The maximum atomic E-state index is 5.90. The molecular weight excluding hydrogens is 246 g/mol. The molecule has 0 saturated heterocycles. The second kappa shape index (κ2) is 4.58. The zero-order valence-electron chi connectivity index (χ0n) is 9.32. The summed E-state index contributed by atoms with van der Waals surface area (Å²) in [7, 11) is 0. The molecule has 5 nitrogen and oxygen atoms in total. The minimum Gasteiger partial charge on any atom is -0.381 e. The molecule has 0 aliphatic rings. The Hall–Kier alpha value is -2.21. The largest absolute Gasteiger partial charge is 0.381 e. The molecule has 88 valence electrons. The van der Waals surface area contributed by atoms with Gasteiger partial charge in [0.05, 0.1) is 11.0 Å². The lowest BCUT2D eigenvalue weighted by Gasteiger charge is -2.04. The van der Waals surface area contributed by atoms with Crippen molar-refractivity contribution in [2.45, 2.75) is 10.1 Å². The van der Waals surface area contributed by atoms with Gasteiger partial charge in [-0.1, -0.05) is 12.1 Å². The number of hydrogen-bond donors (Lipinski definition) is 1.